The van der Waals surface area contributed by atoms with Gasteiger partial charge in [-0.25, -0.2) is 4.39 Å². The van der Waals surface area contributed by atoms with Gasteiger partial charge >= 0.3 is 0 Å². The third kappa shape index (κ3) is 5.67. The van der Waals surface area contributed by atoms with Crippen LogP contribution < -0.4 is 10.1 Å². The third-order valence-corrected chi connectivity index (χ3v) is 2.29. The molecule has 1 aromatic rings. The molecule has 1 amide bonds. The number of nitrogens with one attached hydrogen (secondary N) is 1. The van der Waals surface area contributed by atoms with Gasteiger partial charge in [-0.3, -0.25) is 4.79 Å². The zero-order valence-electron chi connectivity index (χ0n) is 11.1. The lowest BCUT2D eigenvalue weighted by atomic mass is 10.2. The summed E-state index contributed by atoms with van der Waals surface area (Å²) in [4.78, 5) is 11.6. The van der Waals surface area contributed by atoms with E-state index in [-0.39, 0.29) is 12.3 Å². The highest BCUT2D eigenvalue weighted by Crippen LogP contribution is 2.25. The van der Waals surface area contributed by atoms with Gasteiger partial charge < -0.3 is 19.5 Å². The number of carbonyl (C=O) groups excluding carboxylic acids is 1. The molecule has 0 fully saturated rings. The molecule has 0 aromatic heterocycles. The summed E-state index contributed by atoms with van der Waals surface area (Å²) in [5, 5.41) is 2.59. The van der Waals surface area contributed by atoms with Gasteiger partial charge in [0.15, 0.2) is 0 Å². The molecule has 106 valence electrons. The van der Waals surface area contributed by atoms with Crippen molar-refractivity contribution in [1.82, 2.24) is 0 Å². The Balaban J connectivity index is 2.67. The molecule has 6 heteroatoms. The molecule has 0 atom stereocenters. The molecule has 0 saturated heterocycles. The van der Waals surface area contributed by atoms with Gasteiger partial charge in [-0.05, 0) is 12.1 Å². The Bertz CT molecular complexity index is 412. The Labute approximate surface area is 111 Å². The fourth-order valence-electron chi connectivity index (χ4n) is 1.37. The van der Waals surface area contributed by atoms with Gasteiger partial charge in [0.25, 0.3) is 0 Å². The molecule has 0 aliphatic heterocycles. The van der Waals surface area contributed by atoms with Crippen LogP contribution in [-0.4, -0.2) is 39.9 Å². The monoisotopic (exact) mass is 271 g/mol. The molecule has 1 N–H and O–H groups in total. The van der Waals surface area contributed by atoms with Crippen molar-refractivity contribution in [2.75, 3.05) is 39.4 Å². The van der Waals surface area contributed by atoms with Crippen LogP contribution in [0.15, 0.2) is 18.2 Å². The fraction of sp³-hybridized carbons (Fsp3) is 0.462. The second kappa shape index (κ2) is 8.44. The molecule has 0 bridgehead atoms. The van der Waals surface area contributed by atoms with Crippen molar-refractivity contribution in [3.05, 3.63) is 24.0 Å². The topological polar surface area (TPSA) is 56.8 Å². The van der Waals surface area contributed by atoms with Crippen LogP contribution in [0, 0.1) is 5.82 Å². The van der Waals surface area contributed by atoms with E-state index < -0.39 is 5.82 Å². The second-order valence-electron chi connectivity index (χ2n) is 3.77. The van der Waals surface area contributed by atoms with Gasteiger partial charge in [-0.2, -0.15) is 0 Å². The maximum Gasteiger partial charge on any atom is 0.226 e. The first-order valence-corrected chi connectivity index (χ1v) is 5.87. The minimum atomic E-state index is -0.443. The molecule has 0 aliphatic rings. The van der Waals surface area contributed by atoms with Crippen LogP contribution in [0.4, 0.5) is 10.1 Å². The molecule has 0 aliphatic carbocycles. The van der Waals surface area contributed by atoms with Crippen LogP contribution in [0.1, 0.15) is 6.42 Å². The highest BCUT2D eigenvalue weighted by atomic mass is 19.1. The third-order valence-electron chi connectivity index (χ3n) is 2.29. The second-order valence-corrected chi connectivity index (χ2v) is 3.77. The maximum absolute atomic E-state index is 13.2. The van der Waals surface area contributed by atoms with E-state index >= 15 is 0 Å². The molecule has 0 heterocycles. The van der Waals surface area contributed by atoms with E-state index in [0.717, 1.165) is 0 Å². The molecule has 5 nitrogen and oxygen atoms in total. The number of anilines is 1. The van der Waals surface area contributed by atoms with Gasteiger partial charge in [0.2, 0.25) is 5.91 Å². The Kier molecular flexibility index (Phi) is 6.84. The van der Waals surface area contributed by atoms with E-state index in [1.165, 1.54) is 25.3 Å². The first-order chi connectivity index (χ1) is 9.17. The summed E-state index contributed by atoms with van der Waals surface area (Å²) in [7, 11) is 3.07. The zero-order valence-corrected chi connectivity index (χ0v) is 11.1. The number of amides is 1. The van der Waals surface area contributed by atoms with Crippen LogP contribution in [0.2, 0.25) is 0 Å². The van der Waals surface area contributed by atoms with Crippen molar-refractivity contribution in [3.63, 3.8) is 0 Å². The number of benzene rings is 1. The number of hydrogen-bond acceptors (Lipinski definition) is 4. The number of methoxy groups -OCH3 is 2. The minimum absolute atomic E-state index is 0.199. The lowest BCUT2D eigenvalue weighted by Crippen LogP contribution is -2.15. The van der Waals surface area contributed by atoms with E-state index in [0.29, 0.717) is 31.3 Å². The van der Waals surface area contributed by atoms with Crippen LogP contribution >= 0.6 is 0 Å². The molecule has 1 rings (SSSR count). The van der Waals surface area contributed by atoms with Crippen molar-refractivity contribution >= 4 is 11.6 Å². The Morgan fingerprint density at radius 3 is 2.63 bits per heavy atom. The lowest BCUT2D eigenvalue weighted by molar-refractivity contribution is -0.117. The number of halogens is 1. The predicted molar refractivity (Wildman–Crippen MR) is 68.9 cm³/mol. The van der Waals surface area contributed by atoms with Crippen molar-refractivity contribution in [3.8, 4) is 5.75 Å². The Morgan fingerprint density at radius 1 is 1.21 bits per heavy atom. The van der Waals surface area contributed by atoms with Crippen LogP contribution in [0.5, 0.6) is 5.75 Å². The molecule has 1 aromatic carbocycles. The maximum atomic E-state index is 13.2. The first-order valence-electron chi connectivity index (χ1n) is 5.87. The SMILES string of the molecule is COCCOc1ccc(F)cc1NC(=O)CCOC. The van der Waals surface area contributed by atoms with Gasteiger partial charge in [0.1, 0.15) is 18.2 Å². The van der Waals surface area contributed by atoms with E-state index in [4.69, 9.17) is 14.2 Å². The highest BCUT2D eigenvalue weighted by molar-refractivity contribution is 5.92. The van der Waals surface area contributed by atoms with Crippen molar-refractivity contribution in [2.24, 2.45) is 0 Å². The molecule has 0 saturated carbocycles. The minimum Gasteiger partial charge on any atom is -0.489 e. The largest absolute Gasteiger partial charge is 0.489 e. The van der Waals surface area contributed by atoms with Gasteiger partial charge in [-0.1, -0.05) is 0 Å². The normalized spacial score (nSPS) is 10.3. The van der Waals surface area contributed by atoms with Crippen LogP contribution in [-0.2, 0) is 14.3 Å². The van der Waals surface area contributed by atoms with Crippen LogP contribution in [0.25, 0.3) is 0 Å². The fourth-order valence-corrected chi connectivity index (χ4v) is 1.37. The Hall–Kier alpha value is -1.66. The average Bonchev–Trinajstić information content (AvgIpc) is 2.39. The summed E-state index contributed by atoms with van der Waals surface area (Å²) < 4.78 is 28.2. The van der Waals surface area contributed by atoms with Gasteiger partial charge in [0.05, 0.1) is 25.3 Å². The average molecular weight is 271 g/mol. The molecular formula is C13H18FNO4. The summed E-state index contributed by atoms with van der Waals surface area (Å²) in [6.45, 7) is 1.04. The van der Waals surface area contributed by atoms with Crippen molar-refractivity contribution in [1.29, 1.82) is 0 Å². The quantitative estimate of drug-likeness (QED) is 0.733. The zero-order chi connectivity index (χ0) is 14.1. The van der Waals surface area contributed by atoms with E-state index in [9.17, 15) is 9.18 Å². The van der Waals surface area contributed by atoms with E-state index in [1.807, 2.05) is 0 Å². The number of ether oxygens (including phenoxy) is 3. The predicted octanol–water partition coefficient (Wildman–Crippen LogP) is 1.83. The molecule has 0 spiro atoms. The van der Waals surface area contributed by atoms with Crippen molar-refractivity contribution < 1.29 is 23.4 Å². The number of rotatable bonds is 8. The Morgan fingerprint density at radius 2 is 1.95 bits per heavy atom. The van der Waals surface area contributed by atoms with Gasteiger partial charge in [-0.15, -0.1) is 0 Å². The number of carbonyl (C=O) groups is 1. The smallest absolute Gasteiger partial charge is 0.226 e. The summed E-state index contributed by atoms with van der Waals surface area (Å²) >= 11 is 0. The first kappa shape index (κ1) is 15.4. The molecule has 0 radical (unpaired) electrons. The summed E-state index contributed by atoms with van der Waals surface area (Å²) in [6, 6.07) is 3.96. The molecule has 0 unspecified atom stereocenters. The molecular weight excluding hydrogens is 253 g/mol. The molecule has 19 heavy (non-hydrogen) atoms. The van der Waals surface area contributed by atoms with Crippen LogP contribution in [0.3, 0.4) is 0 Å². The highest BCUT2D eigenvalue weighted by Gasteiger charge is 2.09. The summed E-state index contributed by atoms with van der Waals surface area (Å²) in [5.41, 5.74) is 0.303. The van der Waals surface area contributed by atoms with E-state index in [2.05, 4.69) is 5.32 Å². The standard InChI is InChI=1S/C13H18FNO4/c1-17-6-5-13(16)15-11-9-10(14)3-4-12(11)19-8-7-18-2/h3-4,9H,5-8H2,1-2H3,(H,15,16). The summed E-state index contributed by atoms with van der Waals surface area (Å²) in [5.74, 6) is -0.297. The van der Waals surface area contributed by atoms with Crippen molar-refractivity contribution in [2.45, 2.75) is 6.42 Å². The van der Waals surface area contributed by atoms with E-state index in [1.54, 1.807) is 7.11 Å². The summed E-state index contributed by atoms with van der Waals surface area (Å²) in [6.07, 6.45) is 0.199. The lowest BCUT2D eigenvalue weighted by Gasteiger charge is -2.12. The van der Waals surface area contributed by atoms with Gasteiger partial charge in [0, 0.05) is 20.3 Å². The number of hydrogen-bond donors (Lipinski definition) is 1.